The van der Waals surface area contributed by atoms with Gasteiger partial charge < -0.3 is 25.1 Å². The fourth-order valence-electron chi connectivity index (χ4n) is 1.23. The van der Waals surface area contributed by atoms with Crippen molar-refractivity contribution in [3.63, 3.8) is 0 Å². The zero-order chi connectivity index (χ0) is 15.4. The molecule has 20 heavy (non-hydrogen) atoms. The number of unbranched alkanes of at least 4 members (excludes halogenated alkanes) is 3. The second-order valence-corrected chi connectivity index (χ2v) is 3.82. The van der Waals surface area contributed by atoms with Crippen LogP contribution < -0.4 is 5.32 Å². The smallest absolute Gasteiger partial charge is 0.407 e. The summed E-state index contributed by atoms with van der Waals surface area (Å²) in [6, 6.07) is -1.39. The van der Waals surface area contributed by atoms with Crippen molar-refractivity contribution in [2.24, 2.45) is 0 Å². The Kier molecular flexibility index (Phi) is 9.66. The summed E-state index contributed by atoms with van der Waals surface area (Å²) < 4.78 is 4.71. The van der Waals surface area contributed by atoms with Crippen LogP contribution in [0.3, 0.4) is 0 Å². The number of hydrogen-bond acceptors (Lipinski definition) is 7. The molecule has 0 aliphatic carbocycles. The molecule has 0 spiro atoms. The van der Waals surface area contributed by atoms with Crippen molar-refractivity contribution in [2.45, 2.75) is 31.7 Å². The first kappa shape index (κ1) is 17.9. The molecule has 0 aliphatic rings. The van der Waals surface area contributed by atoms with Gasteiger partial charge in [-0.15, -0.1) is 10.1 Å². The van der Waals surface area contributed by atoms with E-state index in [9.17, 15) is 19.7 Å². The maximum absolute atomic E-state index is 11.1. The standard InChI is InChI=1S/C10H18N2O8/c13-7-8(9(14)15)11-10(16)19-5-3-1-2-4-6-20-12(17)18/h8,13H,1-7H2,(H,11,16)(H,14,15). The largest absolute Gasteiger partial charge is 0.480 e. The molecule has 3 N–H and O–H groups in total. The summed E-state index contributed by atoms with van der Waals surface area (Å²) >= 11 is 0. The molecule has 0 saturated carbocycles. The maximum Gasteiger partial charge on any atom is 0.407 e. The monoisotopic (exact) mass is 294 g/mol. The molecule has 10 heteroatoms. The lowest BCUT2D eigenvalue weighted by molar-refractivity contribution is -0.757. The first-order valence-corrected chi connectivity index (χ1v) is 6.01. The number of ether oxygens (including phenoxy) is 1. The highest BCUT2D eigenvalue weighted by atomic mass is 16.9. The molecule has 0 fully saturated rings. The van der Waals surface area contributed by atoms with E-state index >= 15 is 0 Å². The van der Waals surface area contributed by atoms with Gasteiger partial charge in [0.15, 0.2) is 6.04 Å². The van der Waals surface area contributed by atoms with E-state index in [2.05, 4.69) is 4.84 Å². The molecular weight excluding hydrogens is 276 g/mol. The molecule has 0 aromatic carbocycles. The second kappa shape index (κ2) is 10.8. The van der Waals surface area contributed by atoms with Crippen molar-refractivity contribution in [1.82, 2.24) is 5.32 Å². The molecule has 1 atom stereocenters. The van der Waals surface area contributed by atoms with E-state index in [1.54, 1.807) is 0 Å². The summed E-state index contributed by atoms with van der Waals surface area (Å²) in [6.45, 7) is -0.592. The molecule has 1 amide bonds. The second-order valence-electron chi connectivity index (χ2n) is 3.82. The predicted molar refractivity (Wildman–Crippen MR) is 64.4 cm³/mol. The molecule has 0 heterocycles. The number of nitrogens with one attached hydrogen (secondary N) is 1. The Morgan fingerprint density at radius 1 is 1.20 bits per heavy atom. The van der Waals surface area contributed by atoms with Gasteiger partial charge in [0.2, 0.25) is 0 Å². The van der Waals surface area contributed by atoms with E-state index in [1.807, 2.05) is 5.32 Å². The number of aliphatic carboxylic acids is 1. The molecule has 116 valence electrons. The van der Waals surface area contributed by atoms with E-state index in [4.69, 9.17) is 14.9 Å². The molecule has 0 aromatic heterocycles. The van der Waals surface area contributed by atoms with E-state index in [0.717, 1.165) is 0 Å². The average Bonchev–Trinajstić information content (AvgIpc) is 2.38. The fourth-order valence-corrected chi connectivity index (χ4v) is 1.23. The molecular formula is C10H18N2O8. The van der Waals surface area contributed by atoms with E-state index in [1.165, 1.54) is 0 Å². The van der Waals surface area contributed by atoms with Crippen LogP contribution in [0, 0.1) is 10.1 Å². The van der Waals surface area contributed by atoms with Crippen LogP contribution in [0.1, 0.15) is 25.7 Å². The summed E-state index contributed by atoms with van der Waals surface area (Å²) in [5.41, 5.74) is 0. The van der Waals surface area contributed by atoms with Crippen LogP contribution in [0.15, 0.2) is 0 Å². The molecule has 0 aliphatic heterocycles. The molecule has 0 bridgehead atoms. The SMILES string of the molecule is O=C(NC(CO)C(=O)O)OCCCCCCO[N+](=O)[O-]. The van der Waals surface area contributed by atoms with Crippen LogP contribution in [0.25, 0.3) is 0 Å². The van der Waals surface area contributed by atoms with Crippen molar-refractivity contribution in [1.29, 1.82) is 0 Å². The van der Waals surface area contributed by atoms with Gasteiger partial charge in [0.05, 0.1) is 19.8 Å². The number of carboxylic acids is 1. The number of alkyl carbamates (subject to hydrolysis) is 1. The highest BCUT2D eigenvalue weighted by Gasteiger charge is 2.19. The Morgan fingerprint density at radius 2 is 1.80 bits per heavy atom. The van der Waals surface area contributed by atoms with E-state index in [0.29, 0.717) is 25.7 Å². The van der Waals surface area contributed by atoms with Crippen molar-refractivity contribution < 1.29 is 34.5 Å². The molecule has 10 nitrogen and oxygen atoms in total. The number of amides is 1. The normalized spacial score (nSPS) is 11.4. The number of hydrogen-bond donors (Lipinski definition) is 3. The third kappa shape index (κ3) is 9.88. The summed E-state index contributed by atoms with van der Waals surface area (Å²) in [5, 5.41) is 28.2. The Labute approximate surface area is 114 Å². The molecule has 1 unspecified atom stereocenters. The first-order chi connectivity index (χ1) is 9.47. The number of nitrogens with zero attached hydrogens (tertiary/aromatic N) is 1. The quantitative estimate of drug-likeness (QED) is 0.272. The predicted octanol–water partition coefficient (Wildman–Crippen LogP) is -0.0732. The maximum atomic E-state index is 11.1. The minimum atomic E-state index is -1.39. The molecule has 0 radical (unpaired) electrons. The lowest BCUT2D eigenvalue weighted by atomic mass is 10.2. The van der Waals surface area contributed by atoms with Crippen LogP contribution in [0.2, 0.25) is 0 Å². The van der Waals surface area contributed by atoms with Gasteiger partial charge in [-0.25, -0.2) is 9.59 Å². The molecule has 0 saturated heterocycles. The lowest BCUT2D eigenvalue weighted by Crippen LogP contribution is -2.43. The van der Waals surface area contributed by atoms with Gasteiger partial charge in [-0.1, -0.05) is 6.42 Å². The third-order valence-corrected chi connectivity index (χ3v) is 2.24. The average molecular weight is 294 g/mol. The van der Waals surface area contributed by atoms with Crippen LogP contribution in [-0.2, 0) is 14.4 Å². The Morgan fingerprint density at radius 3 is 2.30 bits per heavy atom. The van der Waals surface area contributed by atoms with Gasteiger partial charge in [0.25, 0.3) is 5.09 Å². The Hall–Kier alpha value is -2.10. The molecule has 0 rings (SSSR count). The van der Waals surface area contributed by atoms with Gasteiger partial charge in [-0.2, -0.15) is 0 Å². The van der Waals surface area contributed by atoms with E-state index < -0.39 is 29.8 Å². The first-order valence-electron chi connectivity index (χ1n) is 6.01. The van der Waals surface area contributed by atoms with Crippen molar-refractivity contribution >= 4 is 12.1 Å². The van der Waals surface area contributed by atoms with Gasteiger partial charge in [0, 0.05) is 0 Å². The number of carboxylic acid groups (broad SMARTS) is 1. The minimum absolute atomic E-state index is 0.0329. The van der Waals surface area contributed by atoms with Crippen LogP contribution >= 0.6 is 0 Å². The highest BCUT2D eigenvalue weighted by molar-refractivity contribution is 5.79. The zero-order valence-electron chi connectivity index (χ0n) is 10.8. The van der Waals surface area contributed by atoms with Crippen LogP contribution in [0.4, 0.5) is 4.79 Å². The molecule has 0 aromatic rings. The van der Waals surface area contributed by atoms with Gasteiger partial charge in [-0.05, 0) is 19.3 Å². The van der Waals surface area contributed by atoms with Crippen LogP contribution in [0.5, 0.6) is 0 Å². The number of rotatable bonds is 11. The lowest BCUT2D eigenvalue weighted by Gasteiger charge is -2.11. The van der Waals surface area contributed by atoms with Gasteiger partial charge in [0.1, 0.15) is 0 Å². The van der Waals surface area contributed by atoms with Gasteiger partial charge in [-0.3, -0.25) is 0 Å². The number of aliphatic hydroxyl groups excluding tert-OH is 1. The Bertz CT molecular complexity index is 322. The van der Waals surface area contributed by atoms with Crippen molar-refractivity contribution in [2.75, 3.05) is 19.8 Å². The summed E-state index contributed by atoms with van der Waals surface area (Å²) in [6.07, 6.45) is 1.54. The summed E-state index contributed by atoms with van der Waals surface area (Å²) in [4.78, 5) is 35.6. The van der Waals surface area contributed by atoms with Gasteiger partial charge >= 0.3 is 12.1 Å². The summed E-state index contributed by atoms with van der Waals surface area (Å²) in [7, 11) is 0. The van der Waals surface area contributed by atoms with Crippen molar-refractivity contribution in [3.05, 3.63) is 10.1 Å². The van der Waals surface area contributed by atoms with E-state index in [-0.39, 0.29) is 13.2 Å². The number of carbonyl (C=O) groups is 2. The van der Waals surface area contributed by atoms with Crippen LogP contribution in [-0.4, -0.2) is 53.2 Å². The number of aliphatic hydroxyl groups is 1. The highest BCUT2D eigenvalue weighted by Crippen LogP contribution is 2.01. The topological polar surface area (TPSA) is 148 Å². The van der Waals surface area contributed by atoms with Crippen molar-refractivity contribution in [3.8, 4) is 0 Å². The fraction of sp³-hybridized carbons (Fsp3) is 0.800. The summed E-state index contributed by atoms with van der Waals surface area (Å²) in [5.74, 6) is -1.35. The minimum Gasteiger partial charge on any atom is -0.480 e. The number of carbonyl (C=O) groups excluding carboxylic acids is 1. The zero-order valence-corrected chi connectivity index (χ0v) is 10.8. The third-order valence-electron chi connectivity index (χ3n) is 2.24. The Balaban J connectivity index is 3.48.